The van der Waals surface area contributed by atoms with Gasteiger partial charge in [-0.15, -0.1) is 0 Å². The zero-order valence-electron chi connectivity index (χ0n) is 13.0. The summed E-state index contributed by atoms with van der Waals surface area (Å²) in [6, 6.07) is 10.4. The molecule has 1 aromatic heterocycles. The number of nitrogens with one attached hydrogen (secondary N) is 2. The van der Waals surface area contributed by atoms with Gasteiger partial charge in [-0.3, -0.25) is 4.68 Å². The average molecular weight is 302 g/mol. The lowest BCUT2D eigenvalue weighted by Crippen LogP contribution is -2.28. The Morgan fingerprint density at radius 2 is 1.95 bits per heavy atom. The van der Waals surface area contributed by atoms with Crippen molar-refractivity contribution in [2.24, 2.45) is 7.05 Å². The fourth-order valence-corrected chi connectivity index (χ4v) is 2.21. The highest BCUT2D eigenvalue weighted by atomic mass is 32.1. The van der Waals surface area contributed by atoms with Crippen molar-refractivity contribution < 1.29 is 0 Å². The Morgan fingerprint density at radius 1 is 1.29 bits per heavy atom. The Hall–Kier alpha value is -1.88. The van der Waals surface area contributed by atoms with E-state index in [-0.39, 0.29) is 0 Å². The molecule has 0 saturated carbocycles. The van der Waals surface area contributed by atoms with E-state index in [1.807, 2.05) is 36.9 Å². The molecule has 0 amide bonds. The largest absolute Gasteiger partial charge is 0.357 e. The third-order valence-electron chi connectivity index (χ3n) is 3.43. The molecule has 4 nitrogen and oxygen atoms in total. The van der Waals surface area contributed by atoms with Crippen molar-refractivity contribution in [3.8, 4) is 0 Å². The first-order chi connectivity index (χ1) is 9.95. The summed E-state index contributed by atoms with van der Waals surface area (Å²) in [4.78, 5) is 0. The number of nitrogens with zero attached hydrogens (tertiary/aromatic N) is 2. The van der Waals surface area contributed by atoms with Gasteiger partial charge in [0.2, 0.25) is 0 Å². The summed E-state index contributed by atoms with van der Waals surface area (Å²) in [6.07, 6.45) is 0. The molecule has 5 heteroatoms. The summed E-state index contributed by atoms with van der Waals surface area (Å²) < 4.78 is 1.86. The summed E-state index contributed by atoms with van der Waals surface area (Å²) in [5.41, 5.74) is 4.43. The van der Waals surface area contributed by atoms with Crippen LogP contribution in [0.4, 0.5) is 5.69 Å². The second-order valence-corrected chi connectivity index (χ2v) is 5.89. The molecule has 0 radical (unpaired) electrons. The van der Waals surface area contributed by atoms with Crippen molar-refractivity contribution in [1.29, 1.82) is 0 Å². The molecule has 0 bridgehead atoms. The Morgan fingerprint density at radius 3 is 2.48 bits per heavy atom. The molecule has 0 fully saturated rings. The monoisotopic (exact) mass is 302 g/mol. The van der Waals surface area contributed by atoms with Gasteiger partial charge in [0.15, 0.2) is 5.11 Å². The Labute approximate surface area is 131 Å². The van der Waals surface area contributed by atoms with E-state index in [1.165, 1.54) is 5.56 Å². The van der Waals surface area contributed by atoms with Crippen LogP contribution in [-0.4, -0.2) is 14.9 Å². The van der Waals surface area contributed by atoms with Crippen LogP contribution in [0, 0.1) is 6.92 Å². The zero-order valence-corrected chi connectivity index (χ0v) is 13.8. The van der Waals surface area contributed by atoms with Crippen molar-refractivity contribution in [2.45, 2.75) is 33.2 Å². The highest BCUT2D eigenvalue weighted by Gasteiger charge is 2.03. The minimum Gasteiger partial charge on any atom is -0.357 e. The molecular formula is C16H22N4S. The van der Waals surface area contributed by atoms with Crippen LogP contribution in [0.1, 0.15) is 36.7 Å². The van der Waals surface area contributed by atoms with Crippen molar-refractivity contribution >= 4 is 23.0 Å². The van der Waals surface area contributed by atoms with Gasteiger partial charge in [0.05, 0.1) is 12.2 Å². The Kier molecular flexibility index (Phi) is 4.96. The van der Waals surface area contributed by atoms with E-state index in [0.717, 1.165) is 17.1 Å². The summed E-state index contributed by atoms with van der Waals surface area (Å²) in [5.74, 6) is 0.538. The van der Waals surface area contributed by atoms with E-state index in [9.17, 15) is 0 Å². The number of aryl methyl sites for hydroxylation is 2. The van der Waals surface area contributed by atoms with Crippen molar-refractivity contribution in [2.75, 3.05) is 5.32 Å². The summed E-state index contributed by atoms with van der Waals surface area (Å²) in [5, 5.41) is 11.3. The summed E-state index contributed by atoms with van der Waals surface area (Å²) in [6.45, 7) is 7.02. The quantitative estimate of drug-likeness (QED) is 0.850. The molecule has 0 saturated heterocycles. The molecule has 21 heavy (non-hydrogen) atoms. The summed E-state index contributed by atoms with van der Waals surface area (Å²) >= 11 is 5.30. The van der Waals surface area contributed by atoms with Crippen molar-refractivity contribution in [3.05, 3.63) is 47.3 Å². The molecule has 112 valence electrons. The molecule has 2 N–H and O–H groups in total. The molecule has 0 spiro atoms. The SMILES string of the molecule is Cc1cc(CNC(=S)Nc2ccc(C(C)C)cc2)nn1C. The molecule has 0 aliphatic rings. The van der Waals surface area contributed by atoms with Gasteiger partial charge < -0.3 is 10.6 Å². The predicted octanol–water partition coefficient (Wildman–Crippen LogP) is 3.34. The van der Waals surface area contributed by atoms with Gasteiger partial charge in [0, 0.05) is 18.4 Å². The second kappa shape index (κ2) is 6.72. The van der Waals surface area contributed by atoms with Gasteiger partial charge in [-0.25, -0.2) is 0 Å². The first-order valence-corrected chi connectivity index (χ1v) is 7.51. The van der Waals surface area contributed by atoms with Crippen LogP contribution in [0.25, 0.3) is 0 Å². The van der Waals surface area contributed by atoms with Gasteiger partial charge in [0.25, 0.3) is 0 Å². The number of rotatable bonds is 4. The lowest BCUT2D eigenvalue weighted by atomic mass is 10.0. The lowest BCUT2D eigenvalue weighted by molar-refractivity contribution is 0.712. The predicted molar refractivity (Wildman–Crippen MR) is 91.5 cm³/mol. The van der Waals surface area contributed by atoms with Crippen LogP contribution < -0.4 is 10.6 Å². The third-order valence-corrected chi connectivity index (χ3v) is 3.68. The lowest BCUT2D eigenvalue weighted by Gasteiger charge is -2.11. The molecule has 0 aliphatic carbocycles. The number of thiocarbonyl (C=S) groups is 1. The Balaban J connectivity index is 1.86. The van der Waals surface area contributed by atoms with E-state index in [2.05, 4.69) is 41.7 Å². The Bertz CT molecular complexity index is 594. The molecule has 0 aliphatic heterocycles. The zero-order chi connectivity index (χ0) is 15.4. The molecular weight excluding hydrogens is 280 g/mol. The topological polar surface area (TPSA) is 41.9 Å². The van der Waals surface area contributed by atoms with Gasteiger partial charge in [-0.1, -0.05) is 26.0 Å². The van der Waals surface area contributed by atoms with E-state index >= 15 is 0 Å². The maximum atomic E-state index is 5.30. The van der Waals surface area contributed by atoms with Crippen LogP contribution in [0.15, 0.2) is 30.3 Å². The van der Waals surface area contributed by atoms with Gasteiger partial charge in [-0.05, 0) is 48.8 Å². The highest BCUT2D eigenvalue weighted by molar-refractivity contribution is 7.80. The molecule has 2 aromatic rings. The molecule has 2 rings (SSSR count). The number of anilines is 1. The van der Waals surface area contributed by atoms with Crippen LogP contribution in [0.5, 0.6) is 0 Å². The number of benzene rings is 1. The van der Waals surface area contributed by atoms with Gasteiger partial charge in [-0.2, -0.15) is 5.10 Å². The van der Waals surface area contributed by atoms with Gasteiger partial charge in [0.1, 0.15) is 0 Å². The summed E-state index contributed by atoms with van der Waals surface area (Å²) in [7, 11) is 1.94. The van der Waals surface area contributed by atoms with Crippen molar-refractivity contribution in [3.63, 3.8) is 0 Å². The van der Waals surface area contributed by atoms with Crippen LogP contribution >= 0.6 is 12.2 Å². The number of hydrogen-bond donors (Lipinski definition) is 2. The second-order valence-electron chi connectivity index (χ2n) is 5.49. The first kappa shape index (κ1) is 15.5. The van der Waals surface area contributed by atoms with Gasteiger partial charge >= 0.3 is 0 Å². The van der Waals surface area contributed by atoms with Crippen LogP contribution in [-0.2, 0) is 13.6 Å². The third kappa shape index (κ3) is 4.29. The van der Waals surface area contributed by atoms with E-state index in [1.54, 1.807) is 0 Å². The van der Waals surface area contributed by atoms with E-state index in [4.69, 9.17) is 12.2 Å². The van der Waals surface area contributed by atoms with E-state index < -0.39 is 0 Å². The minimum atomic E-state index is 0.538. The fourth-order valence-electron chi connectivity index (χ4n) is 2.02. The highest BCUT2D eigenvalue weighted by Crippen LogP contribution is 2.17. The normalized spacial score (nSPS) is 10.7. The van der Waals surface area contributed by atoms with Crippen LogP contribution in [0.2, 0.25) is 0 Å². The number of hydrogen-bond acceptors (Lipinski definition) is 2. The van der Waals surface area contributed by atoms with Crippen LogP contribution in [0.3, 0.4) is 0 Å². The standard InChI is InChI=1S/C16H22N4S/c1-11(2)13-5-7-14(8-6-13)18-16(21)17-10-15-9-12(3)20(4)19-15/h5-9,11H,10H2,1-4H3,(H2,17,18,21). The maximum Gasteiger partial charge on any atom is 0.171 e. The maximum absolute atomic E-state index is 5.30. The number of aromatic nitrogens is 2. The molecule has 1 heterocycles. The minimum absolute atomic E-state index is 0.538. The molecule has 0 unspecified atom stereocenters. The first-order valence-electron chi connectivity index (χ1n) is 7.10. The fraction of sp³-hybridized carbons (Fsp3) is 0.375. The molecule has 0 atom stereocenters. The average Bonchev–Trinajstić information content (AvgIpc) is 2.76. The van der Waals surface area contributed by atoms with E-state index in [0.29, 0.717) is 17.6 Å². The van der Waals surface area contributed by atoms with Crippen molar-refractivity contribution in [1.82, 2.24) is 15.1 Å². The smallest absolute Gasteiger partial charge is 0.171 e. The molecule has 1 aromatic carbocycles.